The van der Waals surface area contributed by atoms with Crippen LogP contribution in [0.25, 0.3) is 0 Å². The molecule has 0 bridgehead atoms. The highest BCUT2D eigenvalue weighted by atomic mass is 16.3. The van der Waals surface area contributed by atoms with Gasteiger partial charge in [-0.25, -0.2) is 0 Å². The summed E-state index contributed by atoms with van der Waals surface area (Å²) in [6, 6.07) is 1.60. The number of Topliss-reactive ketones (excluding diaryl/α,β-unsaturated/α-hetero) is 1. The van der Waals surface area contributed by atoms with E-state index in [0.717, 1.165) is 0 Å². The van der Waals surface area contributed by atoms with Crippen LogP contribution < -0.4 is 5.56 Å². The Morgan fingerprint density at radius 3 is 2.93 bits per heavy atom. The van der Waals surface area contributed by atoms with Crippen LogP contribution in [0.2, 0.25) is 0 Å². The summed E-state index contributed by atoms with van der Waals surface area (Å²) in [6.45, 7) is 1.80. The Morgan fingerprint density at radius 1 is 1.57 bits per heavy atom. The number of nitrogens with one attached hydrogen (secondary N) is 1. The van der Waals surface area contributed by atoms with E-state index in [1.54, 1.807) is 13.0 Å². The molecule has 1 aromatic heterocycles. The lowest BCUT2D eigenvalue weighted by Gasteiger charge is -2.20. The van der Waals surface area contributed by atoms with Crippen LogP contribution in [-0.4, -0.2) is 15.9 Å². The highest BCUT2D eigenvalue weighted by Gasteiger charge is 2.41. The molecule has 4 nitrogen and oxygen atoms in total. The molecule has 0 saturated heterocycles. The van der Waals surface area contributed by atoms with Gasteiger partial charge in [0.1, 0.15) is 0 Å². The molecule has 0 aromatic carbocycles. The van der Waals surface area contributed by atoms with Crippen LogP contribution in [0.5, 0.6) is 0 Å². The number of aliphatic hydroxyl groups is 1. The predicted octanol–water partition coefficient (Wildman–Crippen LogP) is 0.559. The lowest BCUT2D eigenvalue weighted by Crippen LogP contribution is -2.22. The molecule has 0 fully saturated rings. The quantitative estimate of drug-likeness (QED) is 0.684. The Bertz CT molecular complexity index is 449. The largest absolute Gasteiger partial charge is 0.385 e. The van der Waals surface area contributed by atoms with E-state index in [1.807, 2.05) is 0 Å². The molecule has 0 amide bonds. The monoisotopic (exact) mass is 193 g/mol. The Hall–Kier alpha value is -1.42. The highest BCUT2D eigenvalue weighted by molar-refractivity contribution is 6.01. The molecule has 0 radical (unpaired) electrons. The Morgan fingerprint density at radius 2 is 2.29 bits per heavy atom. The van der Waals surface area contributed by atoms with E-state index in [-0.39, 0.29) is 17.8 Å². The molecule has 1 atom stereocenters. The first-order chi connectivity index (χ1) is 6.58. The fraction of sp³-hybridized carbons (Fsp3) is 0.400. The van der Waals surface area contributed by atoms with Crippen molar-refractivity contribution in [1.82, 2.24) is 4.98 Å². The summed E-state index contributed by atoms with van der Waals surface area (Å²) < 4.78 is 0. The van der Waals surface area contributed by atoms with Gasteiger partial charge >= 0.3 is 0 Å². The normalized spacial score (nSPS) is 25.1. The van der Waals surface area contributed by atoms with E-state index < -0.39 is 11.2 Å². The molecule has 1 aliphatic rings. The number of H-pyrrole nitrogens is 1. The summed E-state index contributed by atoms with van der Waals surface area (Å²) in [7, 11) is 0. The molecule has 1 aromatic rings. The van der Waals surface area contributed by atoms with Gasteiger partial charge in [0.2, 0.25) is 0 Å². The number of pyridine rings is 1. The van der Waals surface area contributed by atoms with Crippen LogP contribution in [0.1, 0.15) is 35.7 Å². The second-order valence-electron chi connectivity index (χ2n) is 3.58. The zero-order chi connectivity index (χ0) is 10.3. The zero-order valence-corrected chi connectivity index (χ0v) is 7.83. The third kappa shape index (κ3) is 1.04. The molecule has 14 heavy (non-hydrogen) atoms. The molecule has 2 N–H and O–H groups in total. The van der Waals surface area contributed by atoms with Crippen molar-refractivity contribution in [2.24, 2.45) is 0 Å². The molecular formula is C10H11NO3. The summed E-state index contributed by atoms with van der Waals surface area (Å²) in [5.74, 6) is -0.272. The van der Waals surface area contributed by atoms with E-state index in [0.29, 0.717) is 12.0 Å². The summed E-state index contributed by atoms with van der Waals surface area (Å²) in [4.78, 5) is 25.3. The van der Waals surface area contributed by atoms with Gasteiger partial charge in [-0.05, 0) is 12.5 Å². The number of rotatable bonds is 1. The van der Waals surface area contributed by atoms with E-state index >= 15 is 0 Å². The van der Waals surface area contributed by atoms with Gasteiger partial charge < -0.3 is 10.1 Å². The minimum atomic E-state index is -1.14. The number of fused-ring (bicyclic) bond motifs is 1. The van der Waals surface area contributed by atoms with Crippen molar-refractivity contribution < 1.29 is 9.90 Å². The molecule has 4 heteroatoms. The summed E-state index contributed by atoms with van der Waals surface area (Å²) in [6.07, 6.45) is 1.92. The van der Waals surface area contributed by atoms with Crippen molar-refractivity contribution in [3.63, 3.8) is 0 Å². The Kier molecular flexibility index (Phi) is 1.82. The first kappa shape index (κ1) is 9.15. The maximum atomic E-state index is 11.5. The standard InChI is InChI=1S/C10H11NO3/c1-2-10(14)5-7(12)8-6(10)3-4-11-9(8)13/h3-4,14H,2,5H2,1H3,(H,11,13). The second kappa shape index (κ2) is 2.78. The van der Waals surface area contributed by atoms with Gasteiger partial charge in [-0.2, -0.15) is 0 Å². The molecule has 2 rings (SSSR count). The maximum absolute atomic E-state index is 11.5. The van der Waals surface area contributed by atoms with Crippen molar-refractivity contribution in [3.05, 3.63) is 33.7 Å². The topological polar surface area (TPSA) is 70.2 Å². The van der Waals surface area contributed by atoms with Gasteiger partial charge in [-0.1, -0.05) is 6.92 Å². The maximum Gasteiger partial charge on any atom is 0.259 e. The Labute approximate surface area is 80.6 Å². The average Bonchev–Trinajstić information content (AvgIpc) is 2.41. The first-order valence-electron chi connectivity index (χ1n) is 4.56. The minimum Gasteiger partial charge on any atom is -0.385 e. The van der Waals surface area contributed by atoms with Gasteiger partial charge in [0.15, 0.2) is 5.78 Å². The van der Waals surface area contributed by atoms with E-state index in [9.17, 15) is 14.7 Å². The number of ketones is 1. The van der Waals surface area contributed by atoms with E-state index in [1.165, 1.54) is 6.20 Å². The number of hydrogen-bond donors (Lipinski definition) is 2. The number of hydrogen-bond acceptors (Lipinski definition) is 3. The van der Waals surface area contributed by atoms with Crippen molar-refractivity contribution >= 4 is 5.78 Å². The summed E-state index contributed by atoms with van der Waals surface area (Å²) in [5, 5.41) is 10.1. The Balaban J connectivity index is 2.73. The molecule has 1 heterocycles. The van der Waals surface area contributed by atoms with Crippen LogP contribution in [0.4, 0.5) is 0 Å². The highest BCUT2D eigenvalue weighted by Crippen LogP contribution is 2.37. The first-order valence-corrected chi connectivity index (χ1v) is 4.56. The molecule has 0 spiro atoms. The summed E-state index contributed by atoms with van der Waals surface area (Å²) >= 11 is 0. The molecule has 0 aliphatic heterocycles. The van der Waals surface area contributed by atoms with Crippen LogP contribution in [-0.2, 0) is 5.60 Å². The zero-order valence-electron chi connectivity index (χ0n) is 7.83. The lowest BCUT2D eigenvalue weighted by atomic mass is 9.94. The van der Waals surface area contributed by atoms with Crippen molar-refractivity contribution in [1.29, 1.82) is 0 Å². The van der Waals surface area contributed by atoms with Gasteiger partial charge in [-0.15, -0.1) is 0 Å². The average molecular weight is 193 g/mol. The predicted molar refractivity (Wildman–Crippen MR) is 50.2 cm³/mol. The molecule has 1 unspecified atom stereocenters. The number of aromatic nitrogens is 1. The fourth-order valence-corrected chi connectivity index (χ4v) is 1.91. The third-order valence-corrected chi connectivity index (χ3v) is 2.78. The van der Waals surface area contributed by atoms with Gasteiger partial charge in [-0.3, -0.25) is 9.59 Å². The van der Waals surface area contributed by atoms with E-state index in [4.69, 9.17) is 0 Å². The fourth-order valence-electron chi connectivity index (χ4n) is 1.91. The van der Waals surface area contributed by atoms with Crippen LogP contribution >= 0.6 is 0 Å². The van der Waals surface area contributed by atoms with Crippen LogP contribution in [0.3, 0.4) is 0 Å². The lowest BCUT2D eigenvalue weighted by molar-refractivity contribution is 0.0335. The molecular weight excluding hydrogens is 182 g/mol. The van der Waals surface area contributed by atoms with Gasteiger partial charge in [0, 0.05) is 18.2 Å². The number of carbonyl (C=O) groups excluding carboxylic acids is 1. The van der Waals surface area contributed by atoms with Crippen molar-refractivity contribution in [3.8, 4) is 0 Å². The number of aromatic amines is 1. The summed E-state index contributed by atoms with van der Waals surface area (Å²) in [5.41, 5.74) is -0.955. The van der Waals surface area contributed by atoms with Crippen molar-refractivity contribution in [2.45, 2.75) is 25.4 Å². The minimum absolute atomic E-state index is 0.0198. The second-order valence-corrected chi connectivity index (χ2v) is 3.58. The SMILES string of the molecule is CCC1(O)CC(=O)c2c1cc[nH]c2=O. The molecule has 74 valence electrons. The van der Waals surface area contributed by atoms with Crippen LogP contribution in [0, 0.1) is 0 Å². The molecule has 0 saturated carbocycles. The van der Waals surface area contributed by atoms with Gasteiger partial charge in [0.25, 0.3) is 5.56 Å². The third-order valence-electron chi connectivity index (χ3n) is 2.78. The smallest absolute Gasteiger partial charge is 0.259 e. The number of carbonyl (C=O) groups is 1. The van der Waals surface area contributed by atoms with Crippen molar-refractivity contribution in [2.75, 3.05) is 0 Å². The van der Waals surface area contributed by atoms with Crippen LogP contribution in [0.15, 0.2) is 17.1 Å². The van der Waals surface area contributed by atoms with Gasteiger partial charge in [0.05, 0.1) is 11.2 Å². The van der Waals surface area contributed by atoms with E-state index in [2.05, 4.69) is 4.98 Å². The molecule has 1 aliphatic carbocycles.